The van der Waals surface area contributed by atoms with E-state index in [2.05, 4.69) is 10.1 Å². The predicted octanol–water partition coefficient (Wildman–Crippen LogP) is 2.89. The summed E-state index contributed by atoms with van der Waals surface area (Å²) in [5.74, 6) is -1.31. The summed E-state index contributed by atoms with van der Waals surface area (Å²) in [5, 5.41) is 3.48. The third-order valence-electron chi connectivity index (χ3n) is 2.77. The number of halogens is 2. The van der Waals surface area contributed by atoms with Gasteiger partial charge in [0.2, 0.25) is 5.89 Å². The quantitative estimate of drug-likeness (QED) is 0.799. The number of hydrogen-bond acceptors (Lipinski definition) is 6. The van der Waals surface area contributed by atoms with Crippen LogP contribution in [0.1, 0.15) is 29.5 Å². The third kappa shape index (κ3) is 4.77. The molecule has 22 heavy (non-hydrogen) atoms. The molecule has 0 fully saturated rings. The van der Waals surface area contributed by atoms with E-state index >= 15 is 0 Å². The molecule has 0 bridgehead atoms. The predicted molar refractivity (Wildman–Crippen MR) is 78.9 cm³/mol. The Kier molecular flexibility index (Phi) is 5.17. The number of benzene rings is 1. The van der Waals surface area contributed by atoms with Gasteiger partial charge in [0.05, 0.1) is 5.75 Å². The number of nitrogens with zero attached hydrogens (tertiary/aromatic N) is 2. The molecule has 0 aliphatic heterocycles. The van der Waals surface area contributed by atoms with E-state index in [0.29, 0.717) is 11.3 Å². The molecular formula is C13H14F2N2O3S2. The first-order valence-electron chi connectivity index (χ1n) is 6.30. The van der Waals surface area contributed by atoms with Gasteiger partial charge in [-0.1, -0.05) is 11.2 Å². The average Bonchev–Trinajstić information content (AvgIpc) is 2.84. The molecule has 0 amide bonds. The van der Waals surface area contributed by atoms with Crippen LogP contribution >= 0.6 is 11.8 Å². The molecule has 5 nitrogen and oxygen atoms in total. The summed E-state index contributed by atoms with van der Waals surface area (Å²) in [6.45, 7) is 1.84. The summed E-state index contributed by atoms with van der Waals surface area (Å²) in [4.78, 5) is 3.98. The molecule has 1 unspecified atom stereocenters. The van der Waals surface area contributed by atoms with Crippen LogP contribution in [0.15, 0.2) is 22.7 Å². The first-order valence-corrected chi connectivity index (χ1v) is 9.41. The van der Waals surface area contributed by atoms with Crippen LogP contribution in [0.2, 0.25) is 0 Å². The van der Waals surface area contributed by atoms with Crippen molar-refractivity contribution in [3.05, 3.63) is 47.1 Å². The van der Waals surface area contributed by atoms with Gasteiger partial charge in [-0.05, 0) is 24.6 Å². The second-order valence-electron chi connectivity index (χ2n) is 4.80. The van der Waals surface area contributed by atoms with E-state index in [1.54, 1.807) is 0 Å². The lowest BCUT2D eigenvalue weighted by atomic mass is 10.1. The zero-order valence-corrected chi connectivity index (χ0v) is 13.5. The Morgan fingerprint density at radius 3 is 2.68 bits per heavy atom. The van der Waals surface area contributed by atoms with Crippen LogP contribution in [0, 0.1) is 11.6 Å². The maximum atomic E-state index is 13.2. The fourth-order valence-electron chi connectivity index (χ4n) is 1.70. The molecule has 0 N–H and O–H groups in total. The number of thioether (sulfide) groups is 1. The monoisotopic (exact) mass is 348 g/mol. The minimum Gasteiger partial charge on any atom is -0.338 e. The van der Waals surface area contributed by atoms with Crippen molar-refractivity contribution in [1.29, 1.82) is 0 Å². The second-order valence-corrected chi connectivity index (χ2v) is 8.27. The van der Waals surface area contributed by atoms with E-state index in [1.807, 2.05) is 6.92 Å². The number of aromatic nitrogens is 2. The van der Waals surface area contributed by atoms with Crippen LogP contribution in [0.25, 0.3) is 0 Å². The van der Waals surface area contributed by atoms with E-state index in [0.717, 1.165) is 18.4 Å². The van der Waals surface area contributed by atoms with Crippen LogP contribution in [0.4, 0.5) is 8.78 Å². The molecule has 0 saturated carbocycles. The van der Waals surface area contributed by atoms with Gasteiger partial charge in [-0.2, -0.15) is 4.98 Å². The van der Waals surface area contributed by atoms with Crippen molar-refractivity contribution in [3.8, 4) is 0 Å². The normalized spacial score (nSPS) is 13.3. The fraction of sp³-hybridized carbons (Fsp3) is 0.385. The molecule has 1 aromatic heterocycles. The Morgan fingerprint density at radius 2 is 2.05 bits per heavy atom. The van der Waals surface area contributed by atoms with Crippen molar-refractivity contribution >= 4 is 21.6 Å². The van der Waals surface area contributed by atoms with Crippen molar-refractivity contribution in [2.24, 2.45) is 0 Å². The molecule has 120 valence electrons. The number of sulfone groups is 1. The van der Waals surface area contributed by atoms with Gasteiger partial charge in [0.15, 0.2) is 27.3 Å². The highest BCUT2D eigenvalue weighted by Crippen LogP contribution is 2.31. The molecule has 0 spiro atoms. The molecule has 1 heterocycles. The summed E-state index contributed by atoms with van der Waals surface area (Å²) >= 11 is 1.39. The van der Waals surface area contributed by atoms with Crippen molar-refractivity contribution in [3.63, 3.8) is 0 Å². The molecule has 0 aliphatic carbocycles. The molecule has 9 heteroatoms. The summed E-state index contributed by atoms with van der Waals surface area (Å²) in [6, 6.07) is 3.74. The van der Waals surface area contributed by atoms with E-state index in [-0.39, 0.29) is 22.7 Å². The van der Waals surface area contributed by atoms with Crippen LogP contribution < -0.4 is 0 Å². The largest absolute Gasteiger partial charge is 0.338 e. The highest BCUT2D eigenvalue weighted by atomic mass is 32.2. The van der Waals surface area contributed by atoms with Crippen LogP contribution in [0.3, 0.4) is 0 Å². The lowest BCUT2D eigenvalue weighted by Gasteiger charge is -2.10. The van der Waals surface area contributed by atoms with E-state index in [1.165, 1.54) is 17.8 Å². The lowest BCUT2D eigenvalue weighted by Crippen LogP contribution is -2.02. The first kappa shape index (κ1) is 16.9. The van der Waals surface area contributed by atoms with E-state index < -0.39 is 21.5 Å². The number of hydrogen-bond donors (Lipinski definition) is 0. The molecule has 2 aromatic rings. The Labute approximate surface area is 131 Å². The van der Waals surface area contributed by atoms with Crippen molar-refractivity contribution in [1.82, 2.24) is 10.1 Å². The van der Waals surface area contributed by atoms with Crippen molar-refractivity contribution < 1.29 is 21.7 Å². The molecule has 0 saturated heterocycles. The minimum absolute atomic E-state index is 0.110. The zero-order chi connectivity index (χ0) is 16.3. The highest BCUT2D eigenvalue weighted by molar-refractivity contribution is 7.98. The van der Waals surface area contributed by atoms with Gasteiger partial charge in [-0.25, -0.2) is 17.2 Å². The van der Waals surface area contributed by atoms with Gasteiger partial charge in [0.25, 0.3) is 0 Å². The van der Waals surface area contributed by atoms with E-state index in [9.17, 15) is 17.2 Å². The lowest BCUT2D eigenvalue weighted by molar-refractivity contribution is 0.386. The standard InChI is InChI=1S/C13H14F2N2O3S2/c1-8(9-3-4-10(14)11(15)5-9)21-6-13-16-12(17-20-13)7-22(2,18)19/h3-5,8H,6-7H2,1-2H3. The SMILES string of the molecule is CC(SCc1nc(CS(C)(=O)=O)no1)c1ccc(F)c(F)c1. The van der Waals surface area contributed by atoms with Crippen molar-refractivity contribution in [2.45, 2.75) is 23.7 Å². The van der Waals surface area contributed by atoms with Gasteiger partial charge in [0.1, 0.15) is 5.75 Å². The Morgan fingerprint density at radius 1 is 1.32 bits per heavy atom. The minimum atomic E-state index is -3.22. The van der Waals surface area contributed by atoms with Gasteiger partial charge in [-0.15, -0.1) is 11.8 Å². The topological polar surface area (TPSA) is 73.1 Å². The van der Waals surface area contributed by atoms with Crippen LogP contribution in [-0.2, 0) is 21.3 Å². The van der Waals surface area contributed by atoms with Gasteiger partial charge in [0, 0.05) is 11.5 Å². The summed E-state index contributed by atoms with van der Waals surface area (Å²) in [7, 11) is -3.22. The van der Waals surface area contributed by atoms with Gasteiger partial charge >= 0.3 is 0 Å². The van der Waals surface area contributed by atoms with Crippen LogP contribution in [0.5, 0.6) is 0 Å². The molecule has 0 aliphatic rings. The molecule has 2 rings (SSSR count). The summed E-state index contributed by atoms with van der Waals surface area (Å²) in [5.41, 5.74) is 0.639. The summed E-state index contributed by atoms with van der Waals surface area (Å²) < 4.78 is 53.3. The molecule has 1 aromatic carbocycles. The van der Waals surface area contributed by atoms with Gasteiger partial charge in [-0.3, -0.25) is 0 Å². The average molecular weight is 348 g/mol. The first-order chi connectivity index (χ1) is 10.2. The molecule has 0 radical (unpaired) electrons. The second kappa shape index (κ2) is 6.74. The maximum absolute atomic E-state index is 13.2. The Hall–Kier alpha value is -1.48. The number of rotatable bonds is 6. The maximum Gasteiger partial charge on any atom is 0.236 e. The molecule has 1 atom stereocenters. The zero-order valence-electron chi connectivity index (χ0n) is 11.9. The third-order valence-corrected chi connectivity index (χ3v) is 4.74. The van der Waals surface area contributed by atoms with Crippen molar-refractivity contribution in [2.75, 3.05) is 6.26 Å². The molecular weight excluding hydrogens is 334 g/mol. The summed E-state index contributed by atoms with van der Waals surface area (Å²) in [6.07, 6.45) is 1.09. The van der Waals surface area contributed by atoms with E-state index in [4.69, 9.17) is 4.52 Å². The Balaban J connectivity index is 1.96. The smallest absolute Gasteiger partial charge is 0.236 e. The highest BCUT2D eigenvalue weighted by Gasteiger charge is 2.15. The van der Waals surface area contributed by atoms with Gasteiger partial charge < -0.3 is 4.52 Å². The fourth-order valence-corrected chi connectivity index (χ4v) is 3.13. The Bertz CT molecular complexity index is 762. The van der Waals surface area contributed by atoms with Crippen LogP contribution in [-0.4, -0.2) is 24.8 Å².